The van der Waals surface area contributed by atoms with Crippen molar-refractivity contribution in [2.45, 2.75) is 20.3 Å². The highest BCUT2D eigenvalue weighted by atomic mass is 19.1. The third-order valence-corrected chi connectivity index (χ3v) is 5.49. The van der Waals surface area contributed by atoms with Crippen molar-refractivity contribution in [3.63, 3.8) is 0 Å². The van der Waals surface area contributed by atoms with Gasteiger partial charge in [-0.1, -0.05) is 6.07 Å². The number of benzene rings is 1. The first-order chi connectivity index (χ1) is 14.5. The van der Waals surface area contributed by atoms with Gasteiger partial charge in [0.15, 0.2) is 0 Å². The van der Waals surface area contributed by atoms with Crippen molar-refractivity contribution in [1.29, 1.82) is 0 Å². The number of aromatic amines is 1. The van der Waals surface area contributed by atoms with E-state index >= 15 is 0 Å². The topological polar surface area (TPSA) is 82.7 Å². The highest BCUT2D eigenvalue weighted by Crippen LogP contribution is 2.39. The molecule has 0 fully saturated rings. The average molecular weight is 401 g/mol. The minimum absolute atomic E-state index is 0.155. The first kappa shape index (κ1) is 18.3. The van der Waals surface area contributed by atoms with Crippen molar-refractivity contribution in [3.8, 4) is 11.3 Å². The molecule has 0 radical (unpaired) electrons. The van der Waals surface area contributed by atoms with Crippen LogP contribution in [-0.4, -0.2) is 27.4 Å². The zero-order valence-corrected chi connectivity index (χ0v) is 16.6. The van der Waals surface area contributed by atoms with Crippen molar-refractivity contribution < 1.29 is 9.18 Å². The summed E-state index contributed by atoms with van der Waals surface area (Å²) in [4.78, 5) is 25.3. The number of halogens is 1. The maximum absolute atomic E-state index is 14.2. The second kappa shape index (κ2) is 6.95. The number of aryl methyl sites for hydroxylation is 1. The largest absolute Gasteiger partial charge is 0.356 e. The maximum Gasteiger partial charge on any atom is 0.255 e. The number of nitrogens with one attached hydrogen (secondary N) is 3. The third kappa shape index (κ3) is 2.90. The second-order valence-electron chi connectivity index (χ2n) is 7.45. The summed E-state index contributed by atoms with van der Waals surface area (Å²) in [6.45, 7) is 4.21. The number of pyridine rings is 2. The highest BCUT2D eigenvalue weighted by molar-refractivity contribution is 6.08. The molecule has 0 unspecified atom stereocenters. The van der Waals surface area contributed by atoms with E-state index in [1.807, 2.05) is 25.1 Å². The molecule has 150 valence electrons. The molecule has 0 bridgehead atoms. The predicted molar refractivity (Wildman–Crippen MR) is 115 cm³/mol. The van der Waals surface area contributed by atoms with Crippen LogP contribution in [0.5, 0.6) is 0 Å². The van der Waals surface area contributed by atoms with Crippen LogP contribution < -0.4 is 10.6 Å². The fourth-order valence-electron chi connectivity index (χ4n) is 3.91. The van der Waals surface area contributed by atoms with Crippen LogP contribution in [0, 0.1) is 19.7 Å². The molecule has 5 rings (SSSR count). The average Bonchev–Trinajstić information content (AvgIpc) is 3.10. The SMILES string of the molecule is Cc1ccc2nccc(-c3[nH]c4c(c3Nc3cccc(F)c3C)C(=O)NCC4)c2n1. The van der Waals surface area contributed by atoms with Crippen LogP contribution in [0.25, 0.3) is 22.3 Å². The van der Waals surface area contributed by atoms with Gasteiger partial charge in [0.05, 0.1) is 28.0 Å². The number of amides is 1. The Morgan fingerprint density at radius 3 is 2.87 bits per heavy atom. The van der Waals surface area contributed by atoms with Crippen molar-refractivity contribution in [1.82, 2.24) is 20.3 Å². The summed E-state index contributed by atoms with van der Waals surface area (Å²) in [6.07, 6.45) is 2.42. The number of nitrogens with zero attached hydrogens (tertiary/aromatic N) is 2. The van der Waals surface area contributed by atoms with Crippen LogP contribution in [0.15, 0.2) is 42.6 Å². The molecule has 3 aromatic heterocycles. The maximum atomic E-state index is 14.2. The molecule has 1 aromatic carbocycles. The number of H-pyrrole nitrogens is 1. The molecule has 0 saturated heterocycles. The number of aromatic nitrogens is 3. The van der Waals surface area contributed by atoms with Crippen LogP contribution in [0.2, 0.25) is 0 Å². The number of hydrogen-bond acceptors (Lipinski definition) is 4. The summed E-state index contributed by atoms with van der Waals surface area (Å²) in [7, 11) is 0. The van der Waals surface area contributed by atoms with Crippen LogP contribution >= 0.6 is 0 Å². The van der Waals surface area contributed by atoms with E-state index in [9.17, 15) is 9.18 Å². The van der Waals surface area contributed by atoms with Crippen molar-refractivity contribution in [2.24, 2.45) is 0 Å². The fraction of sp³-hybridized carbons (Fsp3) is 0.174. The van der Waals surface area contributed by atoms with E-state index in [-0.39, 0.29) is 11.7 Å². The summed E-state index contributed by atoms with van der Waals surface area (Å²) < 4.78 is 14.2. The lowest BCUT2D eigenvalue weighted by atomic mass is 10.0. The summed E-state index contributed by atoms with van der Waals surface area (Å²) in [5.41, 5.74) is 7.09. The quantitative estimate of drug-likeness (QED) is 0.475. The minimum Gasteiger partial charge on any atom is -0.356 e. The summed E-state index contributed by atoms with van der Waals surface area (Å²) >= 11 is 0. The molecule has 0 spiro atoms. The van der Waals surface area contributed by atoms with Crippen molar-refractivity contribution in [3.05, 3.63) is 70.9 Å². The Hall–Kier alpha value is -3.74. The molecule has 4 aromatic rings. The Bertz CT molecular complexity index is 1310. The van der Waals surface area contributed by atoms with Crippen LogP contribution in [-0.2, 0) is 6.42 Å². The van der Waals surface area contributed by atoms with Crippen LogP contribution in [0.3, 0.4) is 0 Å². The van der Waals surface area contributed by atoms with Gasteiger partial charge in [-0.3, -0.25) is 14.8 Å². The zero-order valence-electron chi connectivity index (χ0n) is 16.6. The molecule has 1 aliphatic heterocycles. The van der Waals surface area contributed by atoms with Gasteiger partial charge in [-0.25, -0.2) is 4.39 Å². The van der Waals surface area contributed by atoms with Crippen LogP contribution in [0.4, 0.5) is 15.8 Å². The number of carbonyl (C=O) groups excluding carboxylic acids is 1. The molecule has 0 aliphatic carbocycles. The molecule has 1 aliphatic rings. The first-order valence-corrected chi connectivity index (χ1v) is 9.81. The van der Waals surface area contributed by atoms with Gasteiger partial charge >= 0.3 is 0 Å². The standard InChI is InChI=1S/C23H20FN5O/c1-12-6-7-18-20(27-12)14(8-10-25-18)21-22(19-17(29-21)9-11-26-23(19)30)28-16-5-3-4-15(24)13(16)2/h3-8,10,28-29H,9,11H2,1-2H3,(H,26,30). The fourth-order valence-corrected chi connectivity index (χ4v) is 3.91. The molecule has 6 nitrogen and oxygen atoms in total. The van der Waals surface area contributed by atoms with Gasteiger partial charge in [0.1, 0.15) is 5.82 Å². The van der Waals surface area contributed by atoms with E-state index < -0.39 is 0 Å². The molecular weight excluding hydrogens is 381 g/mol. The van der Waals surface area contributed by atoms with Gasteiger partial charge in [-0.2, -0.15) is 0 Å². The Labute approximate surface area is 172 Å². The van der Waals surface area contributed by atoms with Crippen molar-refractivity contribution >= 4 is 28.3 Å². The molecule has 3 N–H and O–H groups in total. The number of fused-ring (bicyclic) bond motifs is 2. The van der Waals surface area contributed by atoms with Gasteiger partial charge in [-0.15, -0.1) is 0 Å². The molecule has 0 saturated carbocycles. The van der Waals surface area contributed by atoms with Gasteiger partial charge in [0.2, 0.25) is 0 Å². The van der Waals surface area contributed by atoms with Crippen molar-refractivity contribution in [2.75, 3.05) is 11.9 Å². The number of carbonyl (C=O) groups is 1. The summed E-state index contributed by atoms with van der Waals surface area (Å²) in [6, 6.07) is 10.6. The number of rotatable bonds is 3. The highest BCUT2D eigenvalue weighted by Gasteiger charge is 2.28. The van der Waals surface area contributed by atoms with E-state index in [2.05, 4.69) is 25.6 Å². The van der Waals surface area contributed by atoms with Crippen LogP contribution in [0.1, 0.15) is 27.3 Å². The Balaban J connectivity index is 1.77. The smallest absolute Gasteiger partial charge is 0.255 e. The van der Waals surface area contributed by atoms with Gasteiger partial charge < -0.3 is 15.6 Å². The monoisotopic (exact) mass is 401 g/mol. The lowest BCUT2D eigenvalue weighted by Gasteiger charge is -2.16. The zero-order chi connectivity index (χ0) is 20.8. The molecule has 1 amide bonds. The molecule has 7 heteroatoms. The summed E-state index contributed by atoms with van der Waals surface area (Å²) in [5, 5.41) is 6.22. The van der Waals surface area contributed by atoms with E-state index in [4.69, 9.17) is 0 Å². The molecule has 30 heavy (non-hydrogen) atoms. The van der Waals surface area contributed by atoms with E-state index in [0.717, 1.165) is 33.7 Å². The Morgan fingerprint density at radius 2 is 2.00 bits per heavy atom. The second-order valence-corrected chi connectivity index (χ2v) is 7.45. The molecule has 0 atom stereocenters. The van der Waals surface area contributed by atoms with E-state index in [1.165, 1.54) is 6.07 Å². The van der Waals surface area contributed by atoms with Gasteiger partial charge in [0, 0.05) is 47.4 Å². The predicted octanol–water partition coefficient (Wildman–Crippen LogP) is 4.41. The number of hydrogen-bond donors (Lipinski definition) is 3. The Morgan fingerprint density at radius 1 is 1.13 bits per heavy atom. The lowest BCUT2D eigenvalue weighted by molar-refractivity contribution is 0.0947. The van der Waals surface area contributed by atoms with E-state index in [1.54, 1.807) is 25.3 Å². The summed E-state index contributed by atoms with van der Waals surface area (Å²) in [5.74, 6) is -0.458. The van der Waals surface area contributed by atoms with Gasteiger partial charge in [-0.05, 0) is 44.2 Å². The minimum atomic E-state index is -0.304. The van der Waals surface area contributed by atoms with E-state index in [0.29, 0.717) is 35.5 Å². The number of anilines is 2. The Kier molecular flexibility index (Phi) is 4.24. The molecule has 4 heterocycles. The first-order valence-electron chi connectivity index (χ1n) is 9.81. The normalized spacial score (nSPS) is 13.2. The molecular formula is C23H20FN5O. The van der Waals surface area contributed by atoms with Gasteiger partial charge in [0.25, 0.3) is 5.91 Å². The third-order valence-electron chi connectivity index (χ3n) is 5.49. The lowest BCUT2D eigenvalue weighted by Crippen LogP contribution is -2.31.